The van der Waals surface area contributed by atoms with E-state index in [9.17, 15) is 4.79 Å². The molecule has 0 saturated carbocycles. The third-order valence-corrected chi connectivity index (χ3v) is 2.95. The molecule has 0 radical (unpaired) electrons. The second kappa shape index (κ2) is 6.80. The van der Waals surface area contributed by atoms with Gasteiger partial charge in [-0.3, -0.25) is 4.79 Å². The zero-order chi connectivity index (χ0) is 11.1. The van der Waals surface area contributed by atoms with Crippen LogP contribution < -0.4 is 10.6 Å². The van der Waals surface area contributed by atoms with Crippen molar-refractivity contribution in [2.45, 2.75) is 32.2 Å². The highest BCUT2D eigenvalue weighted by Crippen LogP contribution is 2.12. The molecule has 0 aromatic carbocycles. The molecule has 88 valence electrons. The second-order valence-corrected chi connectivity index (χ2v) is 4.21. The van der Waals surface area contributed by atoms with Crippen LogP contribution in [0.15, 0.2) is 0 Å². The molecule has 1 amide bonds. The van der Waals surface area contributed by atoms with E-state index in [0.717, 1.165) is 19.5 Å². The Morgan fingerprint density at radius 1 is 1.67 bits per heavy atom. The van der Waals surface area contributed by atoms with Gasteiger partial charge < -0.3 is 15.4 Å². The molecular formula is C11H22N2O2. The fourth-order valence-corrected chi connectivity index (χ4v) is 1.92. The van der Waals surface area contributed by atoms with Crippen molar-refractivity contribution in [1.82, 2.24) is 10.6 Å². The van der Waals surface area contributed by atoms with Gasteiger partial charge in [0.2, 0.25) is 5.91 Å². The Bertz CT molecular complexity index is 191. The largest absolute Gasteiger partial charge is 0.385 e. The Labute approximate surface area is 91.8 Å². The van der Waals surface area contributed by atoms with E-state index in [1.54, 1.807) is 7.11 Å². The first kappa shape index (κ1) is 12.5. The van der Waals surface area contributed by atoms with Gasteiger partial charge in [-0.1, -0.05) is 0 Å². The lowest BCUT2D eigenvalue weighted by Gasteiger charge is -2.19. The fraction of sp³-hybridized carbons (Fsp3) is 0.909. The number of carbonyl (C=O) groups excluding carboxylic acids is 1. The molecule has 15 heavy (non-hydrogen) atoms. The van der Waals surface area contributed by atoms with Crippen molar-refractivity contribution < 1.29 is 9.53 Å². The summed E-state index contributed by atoms with van der Waals surface area (Å²) < 4.78 is 4.91. The van der Waals surface area contributed by atoms with Crippen LogP contribution in [0.1, 0.15) is 26.2 Å². The minimum atomic E-state index is 0.145. The number of ether oxygens (including phenoxy) is 1. The molecule has 0 aliphatic carbocycles. The number of carbonyl (C=O) groups is 1. The summed E-state index contributed by atoms with van der Waals surface area (Å²) in [6.45, 7) is 4.85. The van der Waals surface area contributed by atoms with Crippen molar-refractivity contribution in [3.8, 4) is 0 Å². The molecule has 4 heteroatoms. The van der Waals surface area contributed by atoms with E-state index in [0.29, 0.717) is 18.9 Å². The van der Waals surface area contributed by atoms with Gasteiger partial charge in [0.25, 0.3) is 0 Å². The van der Waals surface area contributed by atoms with E-state index in [2.05, 4.69) is 17.6 Å². The van der Waals surface area contributed by atoms with Crippen molar-refractivity contribution in [2.75, 3.05) is 26.8 Å². The van der Waals surface area contributed by atoms with Gasteiger partial charge in [0, 0.05) is 26.2 Å². The second-order valence-electron chi connectivity index (χ2n) is 4.21. The van der Waals surface area contributed by atoms with E-state index in [4.69, 9.17) is 4.74 Å². The Morgan fingerprint density at radius 2 is 2.47 bits per heavy atom. The quantitative estimate of drug-likeness (QED) is 0.634. The smallest absolute Gasteiger partial charge is 0.220 e. The predicted octanol–water partition coefficient (Wildman–Crippen LogP) is 0.527. The first-order valence-electron chi connectivity index (χ1n) is 5.73. The molecule has 1 heterocycles. The average Bonchev–Trinajstić information content (AvgIpc) is 2.70. The van der Waals surface area contributed by atoms with Crippen molar-refractivity contribution in [3.05, 3.63) is 0 Å². The highest BCUT2D eigenvalue weighted by molar-refractivity contribution is 5.76. The molecule has 4 nitrogen and oxygen atoms in total. The zero-order valence-corrected chi connectivity index (χ0v) is 9.71. The molecule has 2 unspecified atom stereocenters. The molecule has 2 N–H and O–H groups in total. The van der Waals surface area contributed by atoms with Crippen LogP contribution in [0.4, 0.5) is 0 Å². The monoisotopic (exact) mass is 214 g/mol. The number of nitrogens with one attached hydrogen (secondary N) is 2. The third-order valence-electron chi connectivity index (χ3n) is 2.95. The molecule has 1 saturated heterocycles. The van der Waals surface area contributed by atoms with Gasteiger partial charge in [0.1, 0.15) is 0 Å². The lowest BCUT2D eigenvalue weighted by Crippen LogP contribution is -2.38. The van der Waals surface area contributed by atoms with Gasteiger partial charge >= 0.3 is 0 Å². The lowest BCUT2D eigenvalue weighted by atomic mass is 10.0. The maximum absolute atomic E-state index is 11.5. The minimum absolute atomic E-state index is 0.145. The maximum Gasteiger partial charge on any atom is 0.220 e. The van der Waals surface area contributed by atoms with Crippen LogP contribution in [0.5, 0.6) is 0 Å². The van der Waals surface area contributed by atoms with Crippen LogP contribution in [0.2, 0.25) is 0 Å². The van der Waals surface area contributed by atoms with E-state index in [-0.39, 0.29) is 11.9 Å². The number of methoxy groups -OCH3 is 1. The SMILES string of the molecule is COCCCC(=O)NC(C)C1CCNC1. The molecule has 1 rings (SSSR count). The van der Waals surface area contributed by atoms with Gasteiger partial charge in [-0.2, -0.15) is 0 Å². The maximum atomic E-state index is 11.5. The lowest BCUT2D eigenvalue weighted by molar-refractivity contribution is -0.122. The summed E-state index contributed by atoms with van der Waals surface area (Å²) in [6, 6.07) is 0.287. The summed E-state index contributed by atoms with van der Waals surface area (Å²) in [7, 11) is 1.66. The van der Waals surface area contributed by atoms with Gasteiger partial charge in [-0.25, -0.2) is 0 Å². The van der Waals surface area contributed by atoms with Crippen molar-refractivity contribution in [1.29, 1.82) is 0 Å². The molecule has 1 aliphatic rings. The predicted molar refractivity (Wildman–Crippen MR) is 59.7 cm³/mol. The Hall–Kier alpha value is -0.610. The summed E-state index contributed by atoms with van der Waals surface area (Å²) in [5.41, 5.74) is 0. The fourth-order valence-electron chi connectivity index (χ4n) is 1.92. The first-order valence-corrected chi connectivity index (χ1v) is 5.73. The van der Waals surface area contributed by atoms with Crippen LogP contribution in [-0.2, 0) is 9.53 Å². The highest BCUT2D eigenvalue weighted by atomic mass is 16.5. The van der Waals surface area contributed by atoms with Gasteiger partial charge in [-0.15, -0.1) is 0 Å². The molecule has 2 atom stereocenters. The van der Waals surface area contributed by atoms with Crippen molar-refractivity contribution >= 4 is 5.91 Å². The average molecular weight is 214 g/mol. The van der Waals surface area contributed by atoms with Crippen molar-refractivity contribution in [3.63, 3.8) is 0 Å². The van der Waals surface area contributed by atoms with Crippen LogP contribution in [0.25, 0.3) is 0 Å². The van der Waals surface area contributed by atoms with Gasteiger partial charge in [0.05, 0.1) is 0 Å². The molecule has 0 aromatic heterocycles. The number of rotatable bonds is 6. The molecular weight excluding hydrogens is 192 g/mol. The third kappa shape index (κ3) is 4.62. The van der Waals surface area contributed by atoms with Crippen LogP contribution >= 0.6 is 0 Å². The molecule has 1 fully saturated rings. The van der Waals surface area contributed by atoms with Crippen LogP contribution in [0.3, 0.4) is 0 Å². The standard InChI is InChI=1S/C11H22N2O2/c1-9(10-5-6-12-8-10)13-11(14)4-3-7-15-2/h9-10,12H,3-8H2,1-2H3,(H,13,14). The molecule has 1 aliphatic heterocycles. The summed E-state index contributed by atoms with van der Waals surface area (Å²) in [5.74, 6) is 0.739. The van der Waals surface area contributed by atoms with Crippen LogP contribution in [-0.4, -0.2) is 38.8 Å². The van der Waals surface area contributed by atoms with E-state index in [1.165, 1.54) is 6.42 Å². The first-order chi connectivity index (χ1) is 7.24. The van der Waals surface area contributed by atoms with Crippen LogP contribution in [0, 0.1) is 5.92 Å². The Balaban J connectivity index is 2.13. The molecule has 0 aromatic rings. The van der Waals surface area contributed by atoms with E-state index in [1.807, 2.05) is 0 Å². The number of hydrogen-bond acceptors (Lipinski definition) is 3. The highest BCUT2D eigenvalue weighted by Gasteiger charge is 2.22. The minimum Gasteiger partial charge on any atom is -0.385 e. The summed E-state index contributed by atoms with van der Waals surface area (Å²) >= 11 is 0. The zero-order valence-electron chi connectivity index (χ0n) is 9.71. The number of amides is 1. The van der Waals surface area contributed by atoms with E-state index < -0.39 is 0 Å². The van der Waals surface area contributed by atoms with Gasteiger partial charge in [0.15, 0.2) is 0 Å². The normalized spacial score (nSPS) is 22.7. The van der Waals surface area contributed by atoms with Gasteiger partial charge in [-0.05, 0) is 38.8 Å². The number of hydrogen-bond donors (Lipinski definition) is 2. The molecule has 0 bridgehead atoms. The Kier molecular flexibility index (Phi) is 5.65. The Morgan fingerprint density at radius 3 is 3.07 bits per heavy atom. The summed E-state index contributed by atoms with van der Waals surface area (Å²) in [5, 5.41) is 6.35. The van der Waals surface area contributed by atoms with E-state index >= 15 is 0 Å². The summed E-state index contributed by atoms with van der Waals surface area (Å²) in [6.07, 6.45) is 2.54. The topological polar surface area (TPSA) is 50.4 Å². The molecule has 0 spiro atoms. The van der Waals surface area contributed by atoms with Crippen molar-refractivity contribution in [2.24, 2.45) is 5.92 Å². The summed E-state index contributed by atoms with van der Waals surface area (Å²) in [4.78, 5) is 11.5.